The molecule has 4 heteroatoms. The van der Waals surface area contributed by atoms with Crippen LogP contribution in [0.4, 0.5) is 0 Å². The zero-order valence-electron chi connectivity index (χ0n) is 5.84. The zero-order chi connectivity index (χ0) is 8.27. The number of thioether (sulfide) groups is 1. The maximum atomic E-state index is 8.65. The molecule has 11 heavy (non-hydrogen) atoms. The highest BCUT2D eigenvalue weighted by Crippen LogP contribution is 2.19. The molecule has 0 fully saturated rings. The van der Waals surface area contributed by atoms with Gasteiger partial charge in [-0.25, -0.2) is 4.98 Å². The molecule has 0 aliphatic heterocycles. The molecule has 0 aliphatic carbocycles. The molecule has 56 valence electrons. The van der Waals surface area contributed by atoms with Gasteiger partial charge in [0, 0.05) is 10.7 Å². The second-order valence-corrected chi connectivity index (χ2v) is 3.53. The monoisotopic (exact) mass is 228 g/mol. The van der Waals surface area contributed by atoms with Crippen molar-refractivity contribution in [1.29, 1.82) is 5.26 Å². The van der Waals surface area contributed by atoms with Gasteiger partial charge in [-0.3, -0.25) is 0 Å². The van der Waals surface area contributed by atoms with Crippen molar-refractivity contribution >= 4 is 27.7 Å². The molecule has 0 N–H and O–H groups in total. The topological polar surface area (TPSA) is 36.7 Å². The highest BCUT2D eigenvalue weighted by atomic mass is 79.9. The molecule has 1 aromatic rings. The van der Waals surface area contributed by atoms with Gasteiger partial charge in [0.05, 0.1) is 5.56 Å². The molecule has 1 rings (SSSR count). The molecule has 0 atom stereocenters. The van der Waals surface area contributed by atoms with E-state index in [1.165, 1.54) is 11.8 Å². The first-order valence-electron chi connectivity index (χ1n) is 2.87. The predicted molar refractivity (Wildman–Crippen MR) is 48.4 cm³/mol. The fraction of sp³-hybridized carbons (Fsp3) is 0.143. The van der Waals surface area contributed by atoms with E-state index in [2.05, 4.69) is 27.0 Å². The number of nitrogens with zero attached hydrogens (tertiary/aromatic N) is 2. The molecule has 1 heterocycles. The minimum atomic E-state index is 0.617. The maximum absolute atomic E-state index is 8.65. The number of hydrogen-bond donors (Lipinski definition) is 0. The van der Waals surface area contributed by atoms with Crippen molar-refractivity contribution in [2.24, 2.45) is 0 Å². The second kappa shape index (κ2) is 3.74. The molecule has 0 aliphatic rings. The van der Waals surface area contributed by atoms with Crippen LogP contribution in [0.2, 0.25) is 0 Å². The van der Waals surface area contributed by atoms with Gasteiger partial charge in [-0.1, -0.05) is 0 Å². The zero-order valence-corrected chi connectivity index (χ0v) is 8.24. The van der Waals surface area contributed by atoms with Gasteiger partial charge >= 0.3 is 0 Å². The summed E-state index contributed by atoms with van der Waals surface area (Å²) in [6.07, 6.45) is 3.59. The van der Waals surface area contributed by atoms with Crippen LogP contribution < -0.4 is 0 Å². The van der Waals surface area contributed by atoms with E-state index in [1.54, 1.807) is 12.3 Å². The molecule has 1 aromatic heterocycles. The Balaban J connectivity index is 3.19. The lowest BCUT2D eigenvalue weighted by Crippen LogP contribution is -1.84. The summed E-state index contributed by atoms with van der Waals surface area (Å²) in [7, 11) is 0. The van der Waals surface area contributed by atoms with Gasteiger partial charge in [0.25, 0.3) is 0 Å². The average Bonchev–Trinajstić information content (AvgIpc) is 2.04. The normalized spacial score (nSPS) is 9.18. The summed E-state index contributed by atoms with van der Waals surface area (Å²) in [5.41, 5.74) is 0.617. The van der Waals surface area contributed by atoms with Crippen LogP contribution >= 0.6 is 27.7 Å². The summed E-state index contributed by atoms with van der Waals surface area (Å²) in [5.74, 6) is 0. The average molecular weight is 229 g/mol. The van der Waals surface area contributed by atoms with Gasteiger partial charge in [-0.05, 0) is 28.3 Å². The molecular weight excluding hydrogens is 224 g/mol. The van der Waals surface area contributed by atoms with Gasteiger partial charge in [-0.15, -0.1) is 11.8 Å². The Labute approximate surface area is 77.8 Å². The van der Waals surface area contributed by atoms with Crippen LogP contribution in [0.3, 0.4) is 0 Å². The minimum Gasteiger partial charge on any atom is -0.247 e. The van der Waals surface area contributed by atoms with Gasteiger partial charge in [0.1, 0.15) is 11.1 Å². The summed E-state index contributed by atoms with van der Waals surface area (Å²) < 4.78 is 0.840. The Hall–Kier alpha value is -0.530. The van der Waals surface area contributed by atoms with Crippen LogP contribution in [0.5, 0.6) is 0 Å². The lowest BCUT2D eigenvalue weighted by Gasteiger charge is -1.97. The summed E-state index contributed by atoms with van der Waals surface area (Å²) in [6, 6.07) is 3.84. The van der Waals surface area contributed by atoms with E-state index < -0.39 is 0 Å². The molecule has 0 aromatic carbocycles. The number of rotatable bonds is 1. The highest BCUT2D eigenvalue weighted by Gasteiger charge is 2.01. The molecule has 0 saturated carbocycles. The molecule has 0 unspecified atom stereocenters. The van der Waals surface area contributed by atoms with Crippen molar-refractivity contribution in [1.82, 2.24) is 4.98 Å². The first-order chi connectivity index (χ1) is 5.27. The van der Waals surface area contributed by atoms with Crippen molar-refractivity contribution in [2.45, 2.75) is 5.03 Å². The lowest BCUT2D eigenvalue weighted by molar-refractivity contribution is 1.10. The van der Waals surface area contributed by atoms with E-state index in [4.69, 9.17) is 5.26 Å². The first kappa shape index (κ1) is 8.57. The molecule has 0 saturated heterocycles. The summed E-state index contributed by atoms with van der Waals surface area (Å²) in [5, 5.41) is 9.42. The third kappa shape index (κ3) is 1.95. The van der Waals surface area contributed by atoms with Crippen molar-refractivity contribution in [3.8, 4) is 6.07 Å². The predicted octanol–water partition coefficient (Wildman–Crippen LogP) is 2.44. The van der Waals surface area contributed by atoms with Crippen LogP contribution in [0.1, 0.15) is 5.56 Å². The van der Waals surface area contributed by atoms with E-state index in [-0.39, 0.29) is 0 Å². The van der Waals surface area contributed by atoms with E-state index in [0.29, 0.717) is 5.56 Å². The second-order valence-electron chi connectivity index (χ2n) is 1.82. The smallest absolute Gasteiger partial charge is 0.114 e. The Morgan fingerprint density at radius 2 is 2.45 bits per heavy atom. The van der Waals surface area contributed by atoms with Crippen molar-refractivity contribution in [3.63, 3.8) is 0 Å². The Morgan fingerprint density at radius 3 is 3.00 bits per heavy atom. The van der Waals surface area contributed by atoms with Crippen molar-refractivity contribution < 1.29 is 0 Å². The number of nitriles is 1. The molecule has 0 bridgehead atoms. The van der Waals surface area contributed by atoms with Crippen LogP contribution in [-0.4, -0.2) is 11.2 Å². The van der Waals surface area contributed by atoms with Crippen LogP contribution in [0.15, 0.2) is 21.8 Å². The standard InChI is InChI=1S/C7H5BrN2S/c1-11-7-5(3-9)2-6(8)4-10-7/h2,4H,1H3. The Bertz CT molecular complexity index is 306. The van der Waals surface area contributed by atoms with Crippen LogP contribution in [-0.2, 0) is 0 Å². The summed E-state index contributed by atoms with van der Waals surface area (Å²) in [4.78, 5) is 4.06. The molecule has 0 amide bonds. The molecule has 0 radical (unpaired) electrons. The summed E-state index contributed by atoms with van der Waals surface area (Å²) in [6.45, 7) is 0. The van der Waals surface area contributed by atoms with Gasteiger partial charge in [0.15, 0.2) is 0 Å². The van der Waals surface area contributed by atoms with E-state index in [9.17, 15) is 0 Å². The van der Waals surface area contributed by atoms with E-state index in [0.717, 1.165) is 9.50 Å². The largest absolute Gasteiger partial charge is 0.247 e. The van der Waals surface area contributed by atoms with E-state index in [1.807, 2.05) is 6.26 Å². The van der Waals surface area contributed by atoms with Gasteiger partial charge in [-0.2, -0.15) is 5.26 Å². The number of halogens is 1. The Morgan fingerprint density at radius 1 is 1.73 bits per heavy atom. The number of aromatic nitrogens is 1. The van der Waals surface area contributed by atoms with Gasteiger partial charge < -0.3 is 0 Å². The fourth-order valence-corrected chi connectivity index (χ4v) is 1.48. The first-order valence-corrected chi connectivity index (χ1v) is 4.89. The van der Waals surface area contributed by atoms with Crippen molar-refractivity contribution in [3.05, 3.63) is 22.3 Å². The molecule has 0 spiro atoms. The molecule has 2 nitrogen and oxygen atoms in total. The summed E-state index contributed by atoms with van der Waals surface area (Å²) >= 11 is 4.72. The quantitative estimate of drug-likeness (QED) is 0.694. The minimum absolute atomic E-state index is 0.617. The fourth-order valence-electron chi connectivity index (χ4n) is 0.669. The van der Waals surface area contributed by atoms with Gasteiger partial charge in [0.2, 0.25) is 0 Å². The number of hydrogen-bond acceptors (Lipinski definition) is 3. The van der Waals surface area contributed by atoms with E-state index >= 15 is 0 Å². The van der Waals surface area contributed by atoms with Crippen LogP contribution in [0.25, 0.3) is 0 Å². The molecular formula is C7H5BrN2S. The SMILES string of the molecule is CSc1ncc(Br)cc1C#N. The lowest BCUT2D eigenvalue weighted by atomic mass is 10.3. The third-order valence-corrected chi connectivity index (χ3v) is 2.28. The van der Waals surface area contributed by atoms with Crippen molar-refractivity contribution in [2.75, 3.05) is 6.26 Å². The Kier molecular flexibility index (Phi) is 2.92. The highest BCUT2D eigenvalue weighted by molar-refractivity contribution is 9.10. The maximum Gasteiger partial charge on any atom is 0.114 e. The number of pyridine rings is 1. The van der Waals surface area contributed by atoms with Crippen LogP contribution in [0, 0.1) is 11.3 Å². The third-order valence-electron chi connectivity index (χ3n) is 1.13.